The van der Waals surface area contributed by atoms with Gasteiger partial charge < -0.3 is 24.4 Å². The summed E-state index contributed by atoms with van der Waals surface area (Å²) in [5, 5.41) is 15.7. The van der Waals surface area contributed by atoms with Gasteiger partial charge in [0.1, 0.15) is 28.7 Å². The number of allylic oxidation sites excluding steroid dienone is 1. The molecule has 0 aliphatic carbocycles. The molecule has 0 amide bonds. The fourth-order valence-electron chi connectivity index (χ4n) is 5.09. The minimum Gasteiger partial charge on any atom is -0.497 e. The summed E-state index contributed by atoms with van der Waals surface area (Å²) in [7, 11) is 1.59. The molecule has 9 heteroatoms. The highest BCUT2D eigenvalue weighted by molar-refractivity contribution is 5.86. The second-order valence-corrected chi connectivity index (χ2v) is 9.89. The average molecular weight is 547 g/mol. The lowest BCUT2D eigenvalue weighted by atomic mass is 9.83. The molecule has 5 aromatic rings. The molecule has 3 heterocycles. The summed E-state index contributed by atoms with van der Waals surface area (Å²) in [6.45, 7) is 5.72. The van der Waals surface area contributed by atoms with E-state index in [2.05, 4.69) is 6.07 Å². The molecule has 1 aliphatic rings. The van der Waals surface area contributed by atoms with Crippen molar-refractivity contribution in [3.63, 3.8) is 0 Å². The first-order valence-electron chi connectivity index (χ1n) is 12.9. The van der Waals surface area contributed by atoms with Crippen molar-refractivity contribution in [2.75, 3.05) is 7.11 Å². The van der Waals surface area contributed by atoms with Crippen LogP contribution in [0.5, 0.6) is 23.1 Å². The van der Waals surface area contributed by atoms with Crippen molar-refractivity contribution in [1.82, 2.24) is 9.78 Å². The van der Waals surface area contributed by atoms with Crippen LogP contribution in [0.15, 0.2) is 87.4 Å². The summed E-state index contributed by atoms with van der Waals surface area (Å²) in [4.78, 5) is 13.6. The molecule has 0 spiro atoms. The number of hydrogen-bond donors (Lipinski definition) is 1. The van der Waals surface area contributed by atoms with Gasteiger partial charge in [-0.05, 0) is 69.3 Å². The molecule has 0 saturated heterocycles. The van der Waals surface area contributed by atoms with Crippen LogP contribution in [0.25, 0.3) is 16.7 Å². The molecule has 1 unspecified atom stereocenters. The Bertz CT molecular complexity index is 1940. The van der Waals surface area contributed by atoms with Crippen LogP contribution < -0.4 is 25.6 Å². The number of hydrogen-bond acceptors (Lipinski definition) is 8. The van der Waals surface area contributed by atoms with Gasteiger partial charge in [-0.3, -0.25) is 0 Å². The molecule has 2 aromatic heterocycles. The molecular formula is C32H26N4O5. The maximum atomic E-state index is 13.6. The predicted octanol–water partition coefficient (Wildman–Crippen LogP) is 5.92. The van der Waals surface area contributed by atoms with Gasteiger partial charge in [0.15, 0.2) is 5.75 Å². The minimum absolute atomic E-state index is 0.0583. The Hall–Kier alpha value is -5.49. The number of nitriles is 1. The Kier molecular flexibility index (Phi) is 6.23. The summed E-state index contributed by atoms with van der Waals surface area (Å²) in [5.74, 6) is 0.678. The third-order valence-electron chi connectivity index (χ3n) is 7.13. The van der Waals surface area contributed by atoms with Crippen molar-refractivity contribution in [2.24, 2.45) is 5.73 Å². The van der Waals surface area contributed by atoms with Gasteiger partial charge in [-0.2, -0.15) is 10.4 Å². The van der Waals surface area contributed by atoms with E-state index in [-0.39, 0.29) is 22.8 Å². The molecule has 1 atom stereocenters. The number of benzene rings is 3. The Morgan fingerprint density at radius 2 is 1.63 bits per heavy atom. The van der Waals surface area contributed by atoms with Crippen LogP contribution in [0.3, 0.4) is 0 Å². The predicted molar refractivity (Wildman–Crippen MR) is 153 cm³/mol. The van der Waals surface area contributed by atoms with Crippen LogP contribution in [-0.4, -0.2) is 16.9 Å². The SMILES string of the molecule is COc1ccc(Oc2c(C3C(C#N)=C(N)Oc4c3c(=O)oc3ccc(C)cc43)c(C)nn2-c2ccc(C)cc2)cc1. The molecule has 9 nitrogen and oxygen atoms in total. The second kappa shape index (κ2) is 9.92. The molecule has 0 fully saturated rings. The highest BCUT2D eigenvalue weighted by atomic mass is 16.5. The molecule has 3 aromatic carbocycles. The van der Waals surface area contributed by atoms with E-state index < -0.39 is 11.5 Å². The molecular weight excluding hydrogens is 520 g/mol. The van der Waals surface area contributed by atoms with Gasteiger partial charge in [-0.1, -0.05) is 29.3 Å². The molecule has 0 radical (unpaired) electrons. The number of aromatic nitrogens is 2. The summed E-state index contributed by atoms with van der Waals surface area (Å²) < 4.78 is 25.1. The van der Waals surface area contributed by atoms with Gasteiger partial charge in [0.25, 0.3) is 0 Å². The number of fused-ring (bicyclic) bond motifs is 3. The van der Waals surface area contributed by atoms with E-state index in [9.17, 15) is 10.1 Å². The maximum absolute atomic E-state index is 13.6. The monoisotopic (exact) mass is 546 g/mol. The fraction of sp³-hybridized carbons (Fsp3) is 0.156. The first-order valence-corrected chi connectivity index (χ1v) is 12.9. The van der Waals surface area contributed by atoms with E-state index in [1.165, 1.54) is 0 Å². The smallest absolute Gasteiger partial charge is 0.344 e. The molecule has 41 heavy (non-hydrogen) atoms. The van der Waals surface area contributed by atoms with Crippen LogP contribution >= 0.6 is 0 Å². The number of nitrogens with two attached hydrogens (primary N) is 1. The zero-order valence-corrected chi connectivity index (χ0v) is 22.9. The fourth-order valence-corrected chi connectivity index (χ4v) is 5.09. The third-order valence-corrected chi connectivity index (χ3v) is 7.13. The van der Waals surface area contributed by atoms with E-state index in [0.717, 1.165) is 16.8 Å². The Labute approximate surface area is 235 Å². The number of ether oxygens (including phenoxy) is 3. The standard InChI is InChI=1S/C32H26N4O5/c1-17-5-8-20(9-6-17)36-31(39-22-12-10-21(38-4)11-13-22)26(19(3)35-36)27-24(16-33)30(34)41-29-23-15-18(2)7-14-25(23)40-32(37)28(27)29/h5-15,27H,34H2,1-4H3. The topological polar surface area (TPSA) is 126 Å². The van der Waals surface area contributed by atoms with Crippen LogP contribution in [0.1, 0.15) is 33.9 Å². The van der Waals surface area contributed by atoms with E-state index in [0.29, 0.717) is 39.6 Å². The van der Waals surface area contributed by atoms with Crippen molar-refractivity contribution in [1.29, 1.82) is 5.26 Å². The molecule has 0 saturated carbocycles. The van der Waals surface area contributed by atoms with E-state index >= 15 is 0 Å². The Morgan fingerprint density at radius 3 is 2.32 bits per heavy atom. The zero-order valence-electron chi connectivity index (χ0n) is 22.9. The lowest BCUT2D eigenvalue weighted by Gasteiger charge is -2.26. The van der Waals surface area contributed by atoms with Crippen molar-refractivity contribution >= 4 is 11.0 Å². The van der Waals surface area contributed by atoms with E-state index in [1.54, 1.807) is 49.0 Å². The molecule has 1 aliphatic heterocycles. The molecule has 6 rings (SSSR count). The number of nitrogens with zero attached hydrogens (tertiary/aromatic N) is 3. The molecule has 0 bridgehead atoms. The minimum atomic E-state index is -0.961. The summed E-state index contributed by atoms with van der Waals surface area (Å²) >= 11 is 0. The number of aryl methyl sites for hydroxylation is 3. The Morgan fingerprint density at radius 1 is 0.951 bits per heavy atom. The summed E-state index contributed by atoms with van der Waals surface area (Å²) in [6.07, 6.45) is 0. The van der Waals surface area contributed by atoms with Crippen molar-refractivity contribution < 1.29 is 18.6 Å². The largest absolute Gasteiger partial charge is 0.497 e. The number of methoxy groups -OCH3 is 1. The van der Waals surface area contributed by atoms with E-state index in [1.807, 2.05) is 50.2 Å². The highest BCUT2D eigenvalue weighted by Crippen LogP contribution is 2.48. The third kappa shape index (κ3) is 4.36. The van der Waals surface area contributed by atoms with E-state index in [4.69, 9.17) is 29.5 Å². The quantitative estimate of drug-likeness (QED) is 0.269. The average Bonchev–Trinajstić information content (AvgIpc) is 3.28. The maximum Gasteiger partial charge on any atom is 0.344 e. The van der Waals surface area contributed by atoms with Crippen molar-refractivity contribution in [2.45, 2.75) is 26.7 Å². The molecule has 2 N–H and O–H groups in total. The second-order valence-electron chi connectivity index (χ2n) is 9.89. The van der Waals surface area contributed by atoms with Crippen LogP contribution in [0.4, 0.5) is 0 Å². The van der Waals surface area contributed by atoms with Gasteiger partial charge in [0.2, 0.25) is 11.8 Å². The van der Waals surface area contributed by atoms with Crippen molar-refractivity contribution in [3.8, 4) is 34.9 Å². The van der Waals surface area contributed by atoms with Gasteiger partial charge in [-0.25, -0.2) is 9.48 Å². The Balaban J connectivity index is 1.65. The van der Waals surface area contributed by atoms with Crippen molar-refractivity contribution in [3.05, 3.63) is 117 Å². The van der Waals surface area contributed by atoms with Crippen LogP contribution in [-0.2, 0) is 0 Å². The molecule has 204 valence electrons. The first-order chi connectivity index (χ1) is 19.8. The van der Waals surface area contributed by atoms with Crippen LogP contribution in [0, 0.1) is 32.1 Å². The normalized spacial score (nSPS) is 14.4. The van der Waals surface area contributed by atoms with Gasteiger partial charge in [0.05, 0.1) is 40.9 Å². The lowest BCUT2D eigenvalue weighted by Crippen LogP contribution is -2.26. The van der Waals surface area contributed by atoms with Gasteiger partial charge >= 0.3 is 5.63 Å². The van der Waals surface area contributed by atoms with Gasteiger partial charge in [-0.15, -0.1) is 0 Å². The summed E-state index contributed by atoms with van der Waals surface area (Å²) in [6, 6.07) is 22.4. The van der Waals surface area contributed by atoms with Crippen LogP contribution in [0.2, 0.25) is 0 Å². The van der Waals surface area contributed by atoms with Gasteiger partial charge in [0, 0.05) is 0 Å². The zero-order chi connectivity index (χ0) is 28.8. The summed E-state index contributed by atoms with van der Waals surface area (Å²) in [5.41, 5.74) is 10.1. The highest BCUT2D eigenvalue weighted by Gasteiger charge is 2.40. The first kappa shape index (κ1) is 25.8. The number of rotatable bonds is 5. The lowest BCUT2D eigenvalue weighted by molar-refractivity contribution is 0.385.